The van der Waals surface area contributed by atoms with Crippen molar-refractivity contribution < 1.29 is 0 Å². The van der Waals surface area contributed by atoms with E-state index in [0.29, 0.717) is 0 Å². The van der Waals surface area contributed by atoms with Gasteiger partial charge in [-0.1, -0.05) is 51.1 Å². The molecular formula is C14H19P. The second kappa shape index (κ2) is 4.26. The SMILES string of the molecule is c1ccc(P2CCC3CCCC2C3)cc1. The van der Waals surface area contributed by atoms with Crippen LogP contribution in [0.25, 0.3) is 0 Å². The predicted molar refractivity (Wildman–Crippen MR) is 68.2 cm³/mol. The molecule has 1 heterocycles. The Morgan fingerprint density at radius 1 is 1.00 bits per heavy atom. The molecule has 0 aromatic heterocycles. The number of hydrogen-bond donors (Lipinski definition) is 0. The van der Waals surface area contributed by atoms with Crippen molar-refractivity contribution in [3.05, 3.63) is 30.3 Å². The van der Waals surface area contributed by atoms with Crippen molar-refractivity contribution in [3.8, 4) is 0 Å². The van der Waals surface area contributed by atoms with Gasteiger partial charge in [-0.25, -0.2) is 0 Å². The summed E-state index contributed by atoms with van der Waals surface area (Å²) < 4.78 is 0. The first-order valence-electron chi connectivity index (χ1n) is 6.25. The van der Waals surface area contributed by atoms with Gasteiger partial charge >= 0.3 is 0 Å². The molecule has 1 heteroatoms. The molecule has 3 atom stereocenters. The van der Waals surface area contributed by atoms with Crippen molar-refractivity contribution in [2.24, 2.45) is 5.92 Å². The van der Waals surface area contributed by atoms with Crippen LogP contribution in [0.15, 0.2) is 30.3 Å². The van der Waals surface area contributed by atoms with Crippen LogP contribution in [0, 0.1) is 5.92 Å². The third-order valence-corrected chi connectivity index (χ3v) is 7.11. The molecule has 2 fully saturated rings. The fraction of sp³-hybridized carbons (Fsp3) is 0.571. The Labute approximate surface area is 93.8 Å². The van der Waals surface area contributed by atoms with Gasteiger partial charge in [-0.15, -0.1) is 0 Å². The van der Waals surface area contributed by atoms with Gasteiger partial charge in [0.1, 0.15) is 0 Å². The lowest BCUT2D eigenvalue weighted by atomic mass is 9.86. The van der Waals surface area contributed by atoms with Crippen molar-refractivity contribution >= 4 is 13.2 Å². The lowest BCUT2D eigenvalue weighted by Gasteiger charge is -2.40. The summed E-state index contributed by atoms with van der Waals surface area (Å²) in [6.45, 7) is 0. The summed E-state index contributed by atoms with van der Waals surface area (Å²) >= 11 is 0. The summed E-state index contributed by atoms with van der Waals surface area (Å²) in [5.41, 5.74) is 1.06. The minimum absolute atomic E-state index is 0.194. The van der Waals surface area contributed by atoms with Gasteiger partial charge in [-0.05, 0) is 42.3 Å². The minimum Gasteiger partial charge on any atom is -0.0721 e. The molecule has 0 spiro atoms. The number of hydrogen-bond acceptors (Lipinski definition) is 0. The highest BCUT2D eigenvalue weighted by atomic mass is 31.1. The first-order chi connectivity index (χ1) is 7.43. The molecule has 0 nitrogen and oxygen atoms in total. The van der Waals surface area contributed by atoms with Crippen LogP contribution < -0.4 is 5.30 Å². The highest BCUT2D eigenvalue weighted by Gasteiger charge is 2.33. The Kier molecular flexibility index (Phi) is 2.79. The molecule has 1 saturated carbocycles. The summed E-state index contributed by atoms with van der Waals surface area (Å²) in [6.07, 6.45) is 9.10. The number of benzene rings is 1. The average Bonchev–Trinajstić information content (AvgIpc) is 2.31. The Balaban J connectivity index is 1.81. The van der Waals surface area contributed by atoms with E-state index in [1.165, 1.54) is 31.8 Å². The third-order valence-electron chi connectivity index (χ3n) is 4.06. The first-order valence-corrected chi connectivity index (χ1v) is 7.85. The smallest absolute Gasteiger partial charge is 0.0166 e. The van der Waals surface area contributed by atoms with Crippen LogP contribution in [-0.4, -0.2) is 11.8 Å². The quantitative estimate of drug-likeness (QED) is 0.630. The van der Waals surface area contributed by atoms with Crippen LogP contribution >= 0.6 is 7.92 Å². The summed E-state index contributed by atoms with van der Waals surface area (Å²) in [7, 11) is 0.194. The van der Waals surface area contributed by atoms with E-state index in [2.05, 4.69) is 30.3 Å². The maximum Gasteiger partial charge on any atom is -0.0166 e. The normalized spacial score (nSPS) is 35.1. The Morgan fingerprint density at radius 3 is 2.73 bits per heavy atom. The van der Waals surface area contributed by atoms with Gasteiger partial charge in [0.05, 0.1) is 0 Å². The summed E-state index contributed by atoms with van der Waals surface area (Å²) in [5.74, 6) is 1.09. The van der Waals surface area contributed by atoms with Crippen molar-refractivity contribution in [2.75, 3.05) is 6.16 Å². The molecule has 1 saturated heterocycles. The van der Waals surface area contributed by atoms with E-state index in [1.807, 2.05) is 0 Å². The van der Waals surface area contributed by atoms with Gasteiger partial charge < -0.3 is 0 Å². The fourth-order valence-electron chi connectivity index (χ4n) is 3.27. The Hall–Kier alpha value is -0.350. The third kappa shape index (κ3) is 1.97. The van der Waals surface area contributed by atoms with Gasteiger partial charge in [0.15, 0.2) is 0 Å². The highest BCUT2D eigenvalue weighted by molar-refractivity contribution is 7.66. The van der Waals surface area contributed by atoms with Crippen LogP contribution in [0.5, 0.6) is 0 Å². The summed E-state index contributed by atoms with van der Waals surface area (Å²) in [4.78, 5) is 0. The predicted octanol–water partition coefficient (Wildman–Crippen LogP) is 3.76. The lowest BCUT2D eigenvalue weighted by molar-refractivity contribution is 0.343. The standard InChI is InChI=1S/C14H19P/c1-2-6-13(7-3-1)15-10-9-12-5-4-8-14(15)11-12/h1-3,6-7,12,14H,4-5,8-11H2. The summed E-state index contributed by atoms with van der Waals surface area (Å²) in [6, 6.07) is 11.3. The van der Waals surface area contributed by atoms with E-state index < -0.39 is 0 Å². The van der Waals surface area contributed by atoms with E-state index in [9.17, 15) is 0 Å². The molecule has 0 radical (unpaired) electrons. The lowest BCUT2D eigenvalue weighted by Crippen LogP contribution is -2.29. The number of rotatable bonds is 1. The van der Waals surface area contributed by atoms with E-state index in [-0.39, 0.29) is 7.92 Å². The van der Waals surface area contributed by atoms with E-state index in [4.69, 9.17) is 0 Å². The van der Waals surface area contributed by atoms with Crippen molar-refractivity contribution in [1.82, 2.24) is 0 Å². The minimum atomic E-state index is 0.194. The topological polar surface area (TPSA) is 0 Å². The van der Waals surface area contributed by atoms with E-state index >= 15 is 0 Å². The zero-order chi connectivity index (χ0) is 10.1. The molecule has 0 amide bonds. The highest BCUT2D eigenvalue weighted by Crippen LogP contribution is 2.53. The largest absolute Gasteiger partial charge is 0.0721 e. The van der Waals surface area contributed by atoms with Gasteiger partial charge in [0.25, 0.3) is 0 Å². The molecule has 1 aromatic carbocycles. The Morgan fingerprint density at radius 2 is 1.87 bits per heavy atom. The molecule has 3 rings (SSSR count). The maximum absolute atomic E-state index is 2.36. The van der Waals surface area contributed by atoms with Crippen LogP contribution in [0.4, 0.5) is 0 Å². The molecule has 1 aliphatic heterocycles. The van der Waals surface area contributed by atoms with Crippen LogP contribution in [0.3, 0.4) is 0 Å². The zero-order valence-corrected chi connectivity index (χ0v) is 10.1. The summed E-state index contributed by atoms with van der Waals surface area (Å²) in [5, 5.41) is 1.66. The first kappa shape index (κ1) is 9.85. The molecule has 3 unspecified atom stereocenters. The molecule has 15 heavy (non-hydrogen) atoms. The number of fused-ring (bicyclic) bond motifs is 2. The average molecular weight is 218 g/mol. The zero-order valence-electron chi connectivity index (χ0n) is 9.23. The van der Waals surface area contributed by atoms with Gasteiger partial charge in [0, 0.05) is 0 Å². The van der Waals surface area contributed by atoms with E-state index in [1.54, 1.807) is 11.7 Å². The molecule has 1 aliphatic carbocycles. The molecule has 0 N–H and O–H groups in total. The second-order valence-corrected chi connectivity index (χ2v) is 7.64. The fourth-order valence-corrected chi connectivity index (χ4v) is 6.56. The Bertz CT molecular complexity index is 319. The van der Waals surface area contributed by atoms with Gasteiger partial charge in [-0.2, -0.15) is 0 Å². The second-order valence-electron chi connectivity index (χ2n) is 5.00. The van der Waals surface area contributed by atoms with Crippen molar-refractivity contribution in [3.63, 3.8) is 0 Å². The van der Waals surface area contributed by atoms with Crippen LogP contribution in [-0.2, 0) is 0 Å². The molecular weight excluding hydrogens is 199 g/mol. The van der Waals surface area contributed by atoms with Crippen molar-refractivity contribution in [2.45, 2.75) is 37.8 Å². The van der Waals surface area contributed by atoms with Gasteiger partial charge in [0.2, 0.25) is 0 Å². The van der Waals surface area contributed by atoms with Crippen molar-refractivity contribution in [1.29, 1.82) is 0 Å². The van der Waals surface area contributed by atoms with E-state index in [0.717, 1.165) is 11.6 Å². The maximum atomic E-state index is 2.36. The molecule has 1 aromatic rings. The van der Waals surface area contributed by atoms with Crippen LogP contribution in [0.2, 0.25) is 0 Å². The monoisotopic (exact) mass is 218 g/mol. The van der Waals surface area contributed by atoms with Crippen LogP contribution in [0.1, 0.15) is 32.1 Å². The molecule has 2 aliphatic rings. The molecule has 80 valence electrons. The van der Waals surface area contributed by atoms with Gasteiger partial charge in [-0.3, -0.25) is 0 Å². The molecule has 2 bridgehead atoms.